The third-order valence-electron chi connectivity index (χ3n) is 5.28. The highest BCUT2D eigenvalue weighted by Gasteiger charge is 2.25. The largest absolute Gasteiger partial charge is 0.487 e. The first kappa shape index (κ1) is 19.4. The van der Waals surface area contributed by atoms with Crippen molar-refractivity contribution < 1.29 is 14.6 Å². The SMILES string of the molecule is Cc1cc(CNC2CCC(C(=O)O)CC2)cc(C)c1OCc1ccccn1. The molecule has 0 atom stereocenters. The molecule has 5 heteroatoms. The van der Waals surface area contributed by atoms with Crippen LogP contribution >= 0.6 is 0 Å². The van der Waals surface area contributed by atoms with E-state index in [0.29, 0.717) is 12.6 Å². The number of nitrogens with zero attached hydrogens (tertiary/aromatic N) is 1. The van der Waals surface area contributed by atoms with Gasteiger partial charge in [0.15, 0.2) is 0 Å². The Bertz CT molecular complexity index is 745. The van der Waals surface area contributed by atoms with Crippen molar-refractivity contribution in [3.8, 4) is 5.75 Å². The highest BCUT2D eigenvalue weighted by atomic mass is 16.5. The number of carbonyl (C=O) groups is 1. The molecule has 1 aromatic carbocycles. The minimum Gasteiger partial charge on any atom is -0.487 e. The number of aryl methyl sites for hydroxylation is 2. The van der Waals surface area contributed by atoms with E-state index in [-0.39, 0.29) is 5.92 Å². The molecular weight excluding hydrogens is 340 g/mol. The summed E-state index contributed by atoms with van der Waals surface area (Å²) in [4.78, 5) is 15.4. The molecule has 0 saturated heterocycles. The van der Waals surface area contributed by atoms with Crippen LogP contribution in [-0.2, 0) is 17.9 Å². The van der Waals surface area contributed by atoms with Crippen molar-refractivity contribution in [2.75, 3.05) is 0 Å². The van der Waals surface area contributed by atoms with Crippen LogP contribution in [0.5, 0.6) is 5.75 Å². The fourth-order valence-corrected chi connectivity index (χ4v) is 3.81. The van der Waals surface area contributed by atoms with E-state index >= 15 is 0 Å². The highest BCUT2D eigenvalue weighted by molar-refractivity contribution is 5.70. The Morgan fingerprint density at radius 2 is 1.89 bits per heavy atom. The van der Waals surface area contributed by atoms with Crippen LogP contribution < -0.4 is 10.1 Å². The molecule has 1 fully saturated rings. The Kier molecular flexibility index (Phi) is 6.45. The number of hydrogen-bond donors (Lipinski definition) is 2. The Morgan fingerprint density at radius 3 is 2.48 bits per heavy atom. The van der Waals surface area contributed by atoms with Gasteiger partial charge in [0.25, 0.3) is 0 Å². The molecule has 1 aromatic heterocycles. The summed E-state index contributed by atoms with van der Waals surface area (Å²) in [6.45, 7) is 5.40. The van der Waals surface area contributed by atoms with Crippen molar-refractivity contribution in [1.82, 2.24) is 10.3 Å². The summed E-state index contributed by atoms with van der Waals surface area (Å²) >= 11 is 0. The number of carboxylic acids is 1. The minimum absolute atomic E-state index is 0.164. The zero-order chi connectivity index (χ0) is 19.2. The van der Waals surface area contributed by atoms with Crippen molar-refractivity contribution in [3.63, 3.8) is 0 Å². The van der Waals surface area contributed by atoms with Crippen LogP contribution in [0, 0.1) is 19.8 Å². The van der Waals surface area contributed by atoms with Gasteiger partial charge in [0.2, 0.25) is 0 Å². The molecule has 3 rings (SSSR count). The van der Waals surface area contributed by atoms with Crippen LogP contribution in [0.1, 0.15) is 48.1 Å². The molecule has 2 aromatic rings. The Labute approximate surface area is 160 Å². The van der Waals surface area contributed by atoms with Gasteiger partial charge in [0.1, 0.15) is 12.4 Å². The number of hydrogen-bond acceptors (Lipinski definition) is 4. The van der Waals surface area contributed by atoms with E-state index in [2.05, 4.69) is 36.3 Å². The summed E-state index contributed by atoms with van der Waals surface area (Å²) in [6.07, 6.45) is 5.17. The van der Waals surface area contributed by atoms with Crippen LogP contribution in [0.2, 0.25) is 0 Å². The lowest BCUT2D eigenvalue weighted by Crippen LogP contribution is -2.34. The van der Waals surface area contributed by atoms with Crippen molar-refractivity contribution in [2.45, 2.75) is 58.7 Å². The molecule has 0 spiro atoms. The third-order valence-corrected chi connectivity index (χ3v) is 5.28. The number of ether oxygens (including phenoxy) is 1. The molecule has 27 heavy (non-hydrogen) atoms. The van der Waals surface area contributed by atoms with E-state index in [0.717, 1.165) is 54.8 Å². The van der Waals surface area contributed by atoms with Gasteiger partial charge in [0.05, 0.1) is 11.6 Å². The van der Waals surface area contributed by atoms with E-state index in [1.807, 2.05) is 18.2 Å². The second-order valence-corrected chi connectivity index (χ2v) is 7.44. The van der Waals surface area contributed by atoms with Crippen molar-refractivity contribution in [1.29, 1.82) is 0 Å². The lowest BCUT2D eigenvalue weighted by molar-refractivity contribution is -0.142. The van der Waals surface area contributed by atoms with E-state index in [9.17, 15) is 4.79 Å². The van der Waals surface area contributed by atoms with E-state index < -0.39 is 5.97 Å². The number of rotatable bonds is 7. The molecule has 1 aliphatic carbocycles. The molecule has 5 nitrogen and oxygen atoms in total. The molecule has 1 saturated carbocycles. The molecule has 0 aliphatic heterocycles. The topological polar surface area (TPSA) is 71.5 Å². The summed E-state index contributed by atoms with van der Waals surface area (Å²) in [5.74, 6) is 0.107. The first-order valence-corrected chi connectivity index (χ1v) is 9.62. The number of carboxylic acid groups (broad SMARTS) is 1. The lowest BCUT2D eigenvalue weighted by Gasteiger charge is -2.27. The Balaban J connectivity index is 1.54. The maximum absolute atomic E-state index is 11.1. The van der Waals surface area contributed by atoms with E-state index in [1.54, 1.807) is 6.20 Å². The number of nitrogens with one attached hydrogen (secondary N) is 1. The van der Waals surface area contributed by atoms with Gasteiger partial charge in [-0.05, 0) is 68.4 Å². The predicted octanol–water partition coefficient (Wildman–Crippen LogP) is 4.01. The average molecular weight is 368 g/mol. The molecule has 0 bridgehead atoms. The smallest absolute Gasteiger partial charge is 0.306 e. The molecule has 0 radical (unpaired) electrons. The monoisotopic (exact) mass is 368 g/mol. The quantitative estimate of drug-likeness (QED) is 0.773. The van der Waals surface area contributed by atoms with Gasteiger partial charge in [-0.15, -0.1) is 0 Å². The zero-order valence-corrected chi connectivity index (χ0v) is 16.1. The van der Waals surface area contributed by atoms with Crippen LogP contribution in [0.4, 0.5) is 0 Å². The fourth-order valence-electron chi connectivity index (χ4n) is 3.81. The molecule has 1 aliphatic rings. The van der Waals surface area contributed by atoms with Crippen LogP contribution in [0.25, 0.3) is 0 Å². The number of pyridine rings is 1. The first-order chi connectivity index (χ1) is 13.0. The maximum Gasteiger partial charge on any atom is 0.306 e. The normalized spacial score (nSPS) is 19.6. The second-order valence-electron chi connectivity index (χ2n) is 7.44. The predicted molar refractivity (Wildman–Crippen MR) is 105 cm³/mol. The molecule has 0 unspecified atom stereocenters. The Hall–Kier alpha value is -2.40. The lowest BCUT2D eigenvalue weighted by atomic mass is 9.86. The van der Waals surface area contributed by atoms with Crippen LogP contribution in [0.15, 0.2) is 36.5 Å². The summed E-state index contributed by atoms with van der Waals surface area (Å²) in [5.41, 5.74) is 4.39. The third kappa shape index (κ3) is 5.30. The number of aromatic nitrogens is 1. The van der Waals surface area contributed by atoms with E-state index in [1.165, 1.54) is 5.56 Å². The van der Waals surface area contributed by atoms with Gasteiger partial charge in [-0.25, -0.2) is 0 Å². The van der Waals surface area contributed by atoms with Gasteiger partial charge < -0.3 is 15.2 Å². The molecule has 144 valence electrons. The summed E-state index contributed by atoms with van der Waals surface area (Å²) in [6, 6.07) is 10.6. The molecular formula is C22H28N2O3. The van der Waals surface area contributed by atoms with Crippen LogP contribution in [0.3, 0.4) is 0 Å². The van der Waals surface area contributed by atoms with Gasteiger partial charge >= 0.3 is 5.97 Å². The molecule has 2 N–H and O–H groups in total. The standard InChI is InChI=1S/C22H28N2O3/c1-15-11-17(13-24-19-8-6-18(7-9-19)22(25)26)12-16(2)21(15)27-14-20-5-3-4-10-23-20/h3-5,10-12,18-19,24H,6-9,13-14H2,1-2H3,(H,25,26). The van der Waals surface area contributed by atoms with Gasteiger partial charge in [-0.3, -0.25) is 9.78 Å². The molecule has 1 heterocycles. The van der Waals surface area contributed by atoms with Gasteiger partial charge in [-0.2, -0.15) is 0 Å². The summed E-state index contributed by atoms with van der Waals surface area (Å²) in [5, 5.41) is 12.7. The molecule has 0 amide bonds. The van der Waals surface area contributed by atoms with Crippen molar-refractivity contribution >= 4 is 5.97 Å². The average Bonchev–Trinajstić information content (AvgIpc) is 2.67. The summed E-state index contributed by atoms with van der Waals surface area (Å²) < 4.78 is 6.00. The first-order valence-electron chi connectivity index (χ1n) is 9.62. The fraction of sp³-hybridized carbons (Fsp3) is 0.455. The van der Waals surface area contributed by atoms with Crippen molar-refractivity contribution in [2.24, 2.45) is 5.92 Å². The highest BCUT2D eigenvalue weighted by Crippen LogP contribution is 2.27. The van der Waals surface area contributed by atoms with Gasteiger partial charge in [0, 0.05) is 18.8 Å². The maximum atomic E-state index is 11.1. The number of benzene rings is 1. The van der Waals surface area contributed by atoms with Crippen LogP contribution in [-0.4, -0.2) is 22.1 Å². The van der Waals surface area contributed by atoms with Crippen molar-refractivity contribution in [3.05, 3.63) is 58.9 Å². The van der Waals surface area contributed by atoms with E-state index in [4.69, 9.17) is 9.84 Å². The Morgan fingerprint density at radius 1 is 1.19 bits per heavy atom. The second kappa shape index (κ2) is 9.00. The minimum atomic E-state index is -0.652. The summed E-state index contributed by atoms with van der Waals surface area (Å²) in [7, 11) is 0. The zero-order valence-electron chi connectivity index (χ0n) is 16.1. The number of aliphatic carboxylic acids is 1. The van der Waals surface area contributed by atoms with Gasteiger partial charge in [-0.1, -0.05) is 18.2 Å².